The molecule has 2 N–H and O–H groups in total. The molecule has 2 rings (SSSR count). The molecule has 1 atom stereocenters. The lowest BCUT2D eigenvalue weighted by Gasteiger charge is -2.16. The number of Topliss-reactive ketones (excluding diaryl/α,β-unsaturated/α-hetero) is 1. The SMILES string of the molecule is CCCC(NC)C(=O)C(=O)NC1Cc2ccccc2C1. The molecule has 0 saturated carbocycles. The van der Waals surface area contributed by atoms with E-state index in [1.165, 1.54) is 11.1 Å². The molecule has 20 heavy (non-hydrogen) atoms. The standard InChI is InChI=1S/C16H22N2O2/c1-3-6-14(17-2)15(19)16(20)18-13-9-11-7-4-5-8-12(11)10-13/h4-5,7-8,13-14,17H,3,6,9-10H2,1-2H3,(H,18,20). The maximum Gasteiger partial charge on any atom is 0.289 e. The van der Waals surface area contributed by atoms with Crippen molar-refractivity contribution in [1.29, 1.82) is 0 Å². The number of fused-ring (bicyclic) bond motifs is 1. The van der Waals surface area contributed by atoms with Crippen LogP contribution in [0.5, 0.6) is 0 Å². The van der Waals surface area contributed by atoms with Crippen LogP contribution >= 0.6 is 0 Å². The number of rotatable bonds is 6. The van der Waals surface area contributed by atoms with Gasteiger partial charge in [0.2, 0.25) is 5.78 Å². The third kappa shape index (κ3) is 3.25. The Hall–Kier alpha value is -1.68. The highest BCUT2D eigenvalue weighted by Crippen LogP contribution is 2.21. The molecule has 0 spiro atoms. The van der Waals surface area contributed by atoms with E-state index in [9.17, 15) is 9.59 Å². The predicted molar refractivity (Wildman–Crippen MR) is 78.5 cm³/mol. The molecule has 0 heterocycles. The summed E-state index contributed by atoms with van der Waals surface area (Å²) in [5.74, 6) is -0.819. The number of amides is 1. The average molecular weight is 274 g/mol. The minimum Gasteiger partial charge on any atom is -0.346 e. The maximum absolute atomic E-state index is 12.1. The van der Waals surface area contributed by atoms with Gasteiger partial charge in [0.1, 0.15) is 0 Å². The van der Waals surface area contributed by atoms with E-state index in [1.54, 1.807) is 7.05 Å². The summed E-state index contributed by atoms with van der Waals surface area (Å²) in [6.07, 6.45) is 3.19. The van der Waals surface area contributed by atoms with Gasteiger partial charge in [-0.2, -0.15) is 0 Å². The van der Waals surface area contributed by atoms with Gasteiger partial charge in [-0.3, -0.25) is 9.59 Å². The molecule has 4 heteroatoms. The van der Waals surface area contributed by atoms with Gasteiger partial charge in [-0.15, -0.1) is 0 Å². The Kier molecular flexibility index (Phi) is 4.90. The van der Waals surface area contributed by atoms with Gasteiger partial charge in [0.05, 0.1) is 6.04 Å². The molecule has 4 nitrogen and oxygen atoms in total. The Bertz CT molecular complexity index is 474. The van der Waals surface area contributed by atoms with Gasteiger partial charge in [-0.25, -0.2) is 0 Å². The maximum atomic E-state index is 12.1. The summed E-state index contributed by atoms with van der Waals surface area (Å²) in [5.41, 5.74) is 2.54. The van der Waals surface area contributed by atoms with E-state index in [-0.39, 0.29) is 17.9 Å². The van der Waals surface area contributed by atoms with Crippen LogP contribution in [0, 0.1) is 0 Å². The Labute approximate surface area is 119 Å². The zero-order valence-corrected chi connectivity index (χ0v) is 12.1. The van der Waals surface area contributed by atoms with Gasteiger partial charge < -0.3 is 10.6 Å². The summed E-state index contributed by atoms with van der Waals surface area (Å²) in [6, 6.07) is 7.85. The first-order chi connectivity index (χ1) is 9.65. The van der Waals surface area contributed by atoms with E-state index in [4.69, 9.17) is 0 Å². The monoisotopic (exact) mass is 274 g/mol. The van der Waals surface area contributed by atoms with Gasteiger partial charge in [0.25, 0.3) is 5.91 Å². The van der Waals surface area contributed by atoms with Crippen LogP contribution in [0.15, 0.2) is 24.3 Å². The quantitative estimate of drug-likeness (QED) is 0.767. The van der Waals surface area contributed by atoms with E-state index in [0.29, 0.717) is 6.42 Å². The third-order valence-electron chi connectivity index (χ3n) is 3.85. The van der Waals surface area contributed by atoms with Crippen LogP contribution in [0.3, 0.4) is 0 Å². The summed E-state index contributed by atoms with van der Waals surface area (Å²) >= 11 is 0. The fourth-order valence-corrected chi connectivity index (χ4v) is 2.77. The van der Waals surface area contributed by atoms with Gasteiger partial charge in [0.15, 0.2) is 0 Å². The first kappa shape index (κ1) is 14.7. The van der Waals surface area contributed by atoms with Crippen molar-refractivity contribution in [1.82, 2.24) is 10.6 Å². The molecule has 1 aliphatic carbocycles. The van der Waals surface area contributed by atoms with Gasteiger partial charge >= 0.3 is 0 Å². The molecular weight excluding hydrogens is 252 g/mol. The second-order valence-corrected chi connectivity index (χ2v) is 5.34. The van der Waals surface area contributed by atoms with E-state index in [2.05, 4.69) is 22.8 Å². The van der Waals surface area contributed by atoms with E-state index in [1.807, 2.05) is 19.1 Å². The molecule has 1 unspecified atom stereocenters. The van der Waals surface area contributed by atoms with E-state index in [0.717, 1.165) is 19.3 Å². The largest absolute Gasteiger partial charge is 0.346 e. The number of benzene rings is 1. The molecule has 108 valence electrons. The van der Waals surface area contributed by atoms with Crippen molar-refractivity contribution >= 4 is 11.7 Å². The fraction of sp³-hybridized carbons (Fsp3) is 0.500. The lowest BCUT2D eigenvalue weighted by molar-refractivity contribution is -0.139. The molecule has 0 fully saturated rings. The van der Waals surface area contributed by atoms with Crippen LogP contribution in [0.25, 0.3) is 0 Å². The van der Waals surface area contributed by atoms with Crippen LogP contribution in [-0.2, 0) is 22.4 Å². The predicted octanol–water partition coefficient (Wildman–Crippen LogP) is 1.23. The molecule has 0 aromatic heterocycles. The molecule has 0 bridgehead atoms. The zero-order chi connectivity index (χ0) is 14.5. The zero-order valence-electron chi connectivity index (χ0n) is 12.1. The first-order valence-corrected chi connectivity index (χ1v) is 7.24. The van der Waals surface area contributed by atoms with Crippen molar-refractivity contribution in [2.24, 2.45) is 0 Å². The topological polar surface area (TPSA) is 58.2 Å². The van der Waals surface area contributed by atoms with Gasteiger partial charge in [-0.05, 0) is 37.4 Å². The summed E-state index contributed by atoms with van der Waals surface area (Å²) in [6.45, 7) is 2.00. The van der Waals surface area contributed by atoms with E-state index >= 15 is 0 Å². The van der Waals surface area contributed by atoms with Gasteiger partial charge in [0, 0.05) is 6.04 Å². The Morgan fingerprint density at radius 3 is 2.35 bits per heavy atom. The van der Waals surface area contributed by atoms with E-state index < -0.39 is 5.91 Å². The summed E-state index contributed by atoms with van der Waals surface area (Å²) in [4.78, 5) is 24.1. The molecule has 0 aliphatic heterocycles. The summed E-state index contributed by atoms with van der Waals surface area (Å²) in [7, 11) is 1.72. The molecule has 1 aromatic rings. The van der Waals surface area contributed by atoms with Crippen LogP contribution in [0.4, 0.5) is 0 Å². The highest BCUT2D eigenvalue weighted by Gasteiger charge is 2.28. The normalized spacial score (nSPS) is 15.7. The Morgan fingerprint density at radius 2 is 1.85 bits per heavy atom. The Balaban J connectivity index is 1.92. The van der Waals surface area contributed by atoms with Crippen molar-refractivity contribution in [3.05, 3.63) is 35.4 Å². The van der Waals surface area contributed by atoms with Crippen LogP contribution in [0.2, 0.25) is 0 Å². The molecule has 1 aromatic carbocycles. The number of hydrogen-bond acceptors (Lipinski definition) is 3. The summed E-state index contributed by atoms with van der Waals surface area (Å²) < 4.78 is 0. The lowest BCUT2D eigenvalue weighted by atomic mass is 10.1. The molecule has 1 aliphatic rings. The van der Waals surface area contributed by atoms with Crippen molar-refractivity contribution in [2.75, 3.05) is 7.05 Å². The highest BCUT2D eigenvalue weighted by molar-refractivity contribution is 6.38. The first-order valence-electron chi connectivity index (χ1n) is 7.24. The number of likely N-dealkylation sites (N-methyl/N-ethyl adjacent to an activating group) is 1. The highest BCUT2D eigenvalue weighted by atomic mass is 16.2. The third-order valence-corrected chi connectivity index (χ3v) is 3.85. The van der Waals surface area contributed by atoms with Crippen LogP contribution < -0.4 is 10.6 Å². The summed E-state index contributed by atoms with van der Waals surface area (Å²) in [5, 5.41) is 5.79. The lowest BCUT2D eigenvalue weighted by Crippen LogP contribution is -2.47. The number of hydrogen-bond donors (Lipinski definition) is 2. The van der Waals surface area contributed by atoms with Crippen molar-refractivity contribution in [3.63, 3.8) is 0 Å². The number of carbonyl (C=O) groups is 2. The smallest absolute Gasteiger partial charge is 0.289 e. The molecule has 1 amide bonds. The fourth-order valence-electron chi connectivity index (χ4n) is 2.77. The average Bonchev–Trinajstić information content (AvgIpc) is 2.86. The second-order valence-electron chi connectivity index (χ2n) is 5.34. The number of carbonyl (C=O) groups excluding carboxylic acids is 2. The molecular formula is C16H22N2O2. The van der Waals surface area contributed by atoms with Crippen LogP contribution in [0.1, 0.15) is 30.9 Å². The minimum atomic E-state index is -0.462. The molecule has 0 radical (unpaired) electrons. The number of ketones is 1. The van der Waals surface area contributed by atoms with Crippen LogP contribution in [-0.4, -0.2) is 30.8 Å². The van der Waals surface area contributed by atoms with Crippen molar-refractivity contribution < 1.29 is 9.59 Å². The molecule has 0 saturated heterocycles. The van der Waals surface area contributed by atoms with Crippen molar-refractivity contribution in [3.8, 4) is 0 Å². The van der Waals surface area contributed by atoms with Gasteiger partial charge in [-0.1, -0.05) is 37.6 Å². The number of nitrogens with one attached hydrogen (secondary N) is 2. The minimum absolute atomic E-state index is 0.0444. The second kappa shape index (κ2) is 6.66. The Morgan fingerprint density at radius 1 is 1.25 bits per heavy atom. The van der Waals surface area contributed by atoms with Crippen molar-refractivity contribution in [2.45, 2.75) is 44.7 Å².